The molecule has 1 aliphatic rings. The highest BCUT2D eigenvalue weighted by molar-refractivity contribution is 8.00. The van der Waals surface area contributed by atoms with Crippen molar-refractivity contribution >= 4 is 58.2 Å². The van der Waals surface area contributed by atoms with E-state index in [1.807, 2.05) is 12.1 Å². The van der Waals surface area contributed by atoms with E-state index in [2.05, 4.69) is 0 Å². The minimum absolute atomic E-state index is 0.0971. The predicted molar refractivity (Wildman–Crippen MR) is 94.1 cm³/mol. The van der Waals surface area contributed by atoms with Crippen molar-refractivity contribution in [1.29, 1.82) is 0 Å². The summed E-state index contributed by atoms with van der Waals surface area (Å²) in [6.45, 7) is 0. The first-order valence-corrected chi connectivity index (χ1v) is 8.44. The number of rotatable bonds is 3. The van der Waals surface area contributed by atoms with Crippen LogP contribution >= 0.6 is 35.0 Å². The van der Waals surface area contributed by atoms with E-state index in [0.717, 1.165) is 9.80 Å². The fraction of sp³-hybridized carbons (Fsp3) is 0.125. The number of nitrogen functional groups attached to an aromatic ring is 1. The van der Waals surface area contributed by atoms with E-state index in [-0.39, 0.29) is 34.0 Å². The van der Waals surface area contributed by atoms with Crippen LogP contribution in [0.1, 0.15) is 6.42 Å². The molecule has 1 fully saturated rings. The minimum Gasteiger partial charge on any atom is -0.399 e. The molecule has 0 aliphatic carbocycles. The van der Waals surface area contributed by atoms with Crippen LogP contribution in [0.2, 0.25) is 10.0 Å². The van der Waals surface area contributed by atoms with Crippen molar-refractivity contribution in [3.05, 3.63) is 52.5 Å². The molecule has 0 bridgehead atoms. The normalized spacial score (nSPS) is 17.8. The van der Waals surface area contributed by atoms with E-state index in [9.17, 15) is 9.59 Å². The van der Waals surface area contributed by atoms with Gasteiger partial charge in [-0.05, 0) is 30.3 Å². The molecule has 1 atom stereocenters. The summed E-state index contributed by atoms with van der Waals surface area (Å²) in [4.78, 5) is 26.9. The van der Waals surface area contributed by atoms with Gasteiger partial charge in [0.25, 0.3) is 0 Å². The molecule has 0 aromatic heterocycles. The third-order valence-electron chi connectivity index (χ3n) is 3.40. The van der Waals surface area contributed by atoms with Gasteiger partial charge in [-0.25, -0.2) is 4.90 Å². The molecular formula is C16H12Cl2N2O2S. The number of amides is 2. The van der Waals surface area contributed by atoms with E-state index in [1.54, 1.807) is 30.3 Å². The highest BCUT2D eigenvalue weighted by atomic mass is 35.5. The van der Waals surface area contributed by atoms with Gasteiger partial charge in [0.1, 0.15) is 0 Å². The molecule has 0 saturated carbocycles. The first-order valence-electron chi connectivity index (χ1n) is 6.80. The molecule has 1 heterocycles. The lowest BCUT2D eigenvalue weighted by Gasteiger charge is -2.17. The molecular weight excluding hydrogens is 355 g/mol. The van der Waals surface area contributed by atoms with Crippen LogP contribution in [0.4, 0.5) is 11.4 Å². The number of nitrogens with zero attached hydrogens (tertiary/aromatic N) is 1. The van der Waals surface area contributed by atoms with Gasteiger partial charge >= 0.3 is 0 Å². The van der Waals surface area contributed by atoms with Crippen LogP contribution < -0.4 is 10.6 Å². The Morgan fingerprint density at radius 2 is 1.74 bits per heavy atom. The maximum absolute atomic E-state index is 12.6. The largest absolute Gasteiger partial charge is 0.399 e. The quantitative estimate of drug-likeness (QED) is 0.658. The Hall–Kier alpha value is -1.69. The Bertz CT molecular complexity index is 777. The Labute approximate surface area is 147 Å². The number of thioether (sulfide) groups is 1. The summed E-state index contributed by atoms with van der Waals surface area (Å²) in [7, 11) is 0. The number of anilines is 2. The zero-order valence-electron chi connectivity index (χ0n) is 11.8. The number of hydrogen-bond donors (Lipinski definition) is 1. The molecule has 1 aliphatic heterocycles. The van der Waals surface area contributed by atoms with Crippen molar-refractivity contribution in [3.8, 4) is 0 Å². The SMILES string of the molecule is Nc1cccc(SC2CC(=O)N(c3c(Cl)cccc3Cl)C2=O)c1. The average Bonchev–Trinajstić information content (AvgIpc) is 2.75. The lowest BCUT2D eigenvalue weighted by Crippen LogP contribution is -2.31. The summed E-state index contributed by atoms with van der Waals surface area (Å²) < 4.78 is 0. The number of para-hydroxylation sites is 1. The van der Waals surface area contributed by atoms with E-state index < -0.39 is 5.25 Å². The highest BCUT2D eigenvalue weighted by Crippen LogP contribution is 2.40. The second kappa shape index (κ2) is 6.43. The zero-order valence-corrected chi connectivity index (χ0v) is 14.2. The van der Waals surface area contributed by atoms with Crippen molar-refractivity contribution in [3.63, 3.8) is 0 Å². The van der Waals surface area contributed by atoms with Gasteiger partial charge in [-0.3, -0.25) is 9.59 Å². The van der Waals surface area contributed by atoms with Gasteiger partial charge in [-0.15, -0.1) is 11.8 Å². The van der Waals surface area contributed by atoms with Crippen LogP contribution in [0.25, 0.3) is 0 Å². The second-order valence-corrected chi connectivity index (χ2v) is 7.11. The van der Waals surface area contributed by atoms with Crippen LogP contribution in [0, 0.1) is 0 Å². The molecule has 1 unspecified atom stereocenters. The zero-order chi connectivity index (χ0) is 16.6. The van der Waals surface area contributed by atoms with Crippen molar-refractivity contribution in [2.75, 3.05) is 10.6 Å². The van der Waals surface area contributed by atoms with E-state index in [0.29, 0.717) is 5.69 Å². The van der Waals surface area contributed by atoms with E-state index in [1.165, 1.54) is 11.8 Å². The molecule has 0 radical (unpaired) electrons. The first kappa shape index (κ1) is 16.2. The van der Waals surface area contributed by atoms with Crippen LogP contribution in [0.5, 0.6) is 0 Å². The van der Waals surface area contributed by atoms with Gasteiger partial charge in [0, 0.05) is 17.0 Å². The standard InChI is InChI=1S/C16H12Cl2N2O2S/c17-11-5-2-6-12(18)15(11)20-14(21)8-13(16(20)22)23-10-4-1-3-9(19)7-10/h1-7,13H,8,19H2. The fourth-order valence-electron chi connectivity index (χ4n) is 2.39. The van der Waals surface area contributed by atoms with E-state index >= 15 is 0 Å². The molecule has 2 aromatic rings. The molecule has 0 spiro atoms. The molecule has 2 amide bonds. The molecule has 118 valence electrons. The number of carbonyl (C=O) groups is 2. The maximum atomic E-state index is 12.6. The van der Waals surface area contributed by atoms with Crippen molar-refractivity contribution < 1.29 is 9.59 Å². The fourth-order valence-corrected chi connectivity index (χ4v) is 4.07. The van der Waals surface area contributed by atoms with Gasteiger partial charge in [0.05, 0.1) is 21.0 Å². The van der Waals surface area contributed by atoms with Crippen LogP contribution in [-0.4, -0.2) is 17.1 Å². The summed E-state index contributed by atoms with van der Waals surface area (Å²) in [5, 5.41) is 0.0271. The monoisotopic (exact) mass is 366 g/mol. The maximum Gasteiger partial charge on any atom is 0.247 e. The van der Waals surface area contributed by atoms with E-state index in [4.69, 9.17) is 28.9 Å². The summed E-state index contributed by atoms with van der Waals surface area (Å²) in [6.07, 6.45) is 0.0971. The molecule has 3 rings (SSSR count). The van der Waals surface area contributed by atoms with Gasteiger partial charge in [-0.1, -0.05) is 35.3 Å². The Morgan fingerprint density at radius 3 is 2.39 bits per heavy atom. The number of carbonyl (C=O) groups excluding carboxylic acids is 2. The number of imide groups is 1. The Balaban J connectivity index is 1.88. The molecule has 1 saturated heterocycles. The molecule has 2 N–H and O–H groups in total. The third-order valence-corrected chi connectivity index (χ3v) is 5.19. The van der Waals surface area contributed by atoms with Crippen molar-refractivity contribution in [1.82, 2.24) is 0 Å². The smallest absolute Gasteiger partial charge is 0.247 e. The minimum atomic E-state index is -0.517. The molecule has 4 nitrogen and oxygen atoms in total. The van der Waals surface area contributed by atoms with Crippen molar-refractivity contribution in [2.24, 2.45) is 0 Å². The summed E-state index contributed by atoms with van der Waals surface area (Å²) >= 11 is 13.5. The summed E-state index contributed by atoms with van der Waals surface area (Å²) in [6, 6.07) is 12.1. The Kier molecular flexibility index (Phi) is 4.53. The lowest BCUT2D eigenvalue weighted by molar-refractivity contribution is -0.121. The Morgan fingerprint density at radius 1 is 1.09 bits per heavy atom. The van der Waals surface area contributed by atoms with Gasteiger partial charge in [-0.2, -0.15) is 0 Å². The van der Waals surface area contributed by atoms with Crippen LogP contribution in [-0.2, 0) is 9.59 Å². The highest BCUT2D eigenvalue weighted by Gasteiger charge is 2.41. The first-order chi connectivity index (χ1) is 11.0. The van der Waals surface area contributed by atoms with Gasteiger partial charge in [0.15, 0.2) is 0 Å². The summed E-state index contributed by atoms with van der Waals surface area (Å²) in [5.41, 5.74) is 6.60. The molecule has 23 heavy (non-hydrogen) atoms. The summed E-state index contributed by atoms with van der Waals surface area (Å²) in [5.74, 6) is -0.635. The molecule has 7 heteroatoms. The van der Waals surface area contributed by atoms with Gasteiger partial charge < -0.3 is 5.73 Å². The lowest BCUT2D eigenvalue weighted by atomic mass is 10.3. The van der Waals surface area contributed by atoms with Crippen molar-refractivity contribution in [2.45, 2.75) is 16.6 Å². The third kappa shape index (κ3) is 3.17. The number of hydrogen-bond acceptors (Lipinski definition) is 4. The molecule has 2 aromatic carbocycles. The van der Waals surface area contributed by atoms with Crippen LogP contribution in [0.15, 0.2) is 47.4 Å². The second-order valence-electron chi connectivity index (χ2n) is 5.02. The van der Waals surface area contributed by atoms with Gasteiger partial charge in [0.2, 0.25) is 11.8 Å². The number of halogens is 2. The number of nitrogens with two attached hydrogens (primary N) is 1. The topological polar surface area (TPSA) is 63.4 Å². The predicted octanol–water partition coefficient (Wildman–Crippen LogP) is 4.00. The average molecular weight is 367 g/mol. The number of benzene rings is 2. The van der Waals surface area contributed by atoms with Crippen LogP contribution in [0.3, 0.4) is 0 Å².